The molecule has 0 saturated heterocycles. The minimum absolute atomic E-state index is 0.0118. The second-order valence-corrected chi connectivity index (χ2v) is 9.59. The van der Waals surface area contributed by atoms with E-state index in [1.807, 2.05) is 39.0 Å². The molecule has 1 N–H and O–H groups in total. The molecule has 0 unspecified atom stereocenters. The molecule has 0 bridgehead atoms. The lowest BCUT2D eigenvalue weighted by Crippen LogP contribution is -2.51. The van der Waals surface area contributed by atoms with Crippen LogP contribution < -0.4 is 10.1 Å². The fourth-order valence-electron chi connectivity index (χ4n) is 3.30. The molecular weight excluding hydrogens is 527 g/mol. The molecule has 2 aromatic carbocycles. The van der Waals surface area contributed by atoms with Crippen molar-refractivity contribution in [1.29, 1.82) is 0 Å². The molecule has 5 nitrogen and oxygen atoms in total. The standard InChI is InChI=1S/C25H31BrCl2N2O3/c1-5-16(4)29-25(32)22(7-3)30(14-18-8-10-20(27)21(28)13-18)24(31)15-33-23-11-9-17(6-2)12-19(23)26/h8-13,16,22H,5-7,14-15H2,1-4H3,(H,29,32)/t16-,22+/m1/s1. The SMILES string of the molecule is CCc1ccc(OCC(=O)N(Cc2ccc(Cl)c(Cl)c2)[C@@H](CC)C(=O)N[C@H](C)CC)c(Br)c1. The molecule has 0 aliphatic heterocycles. The number of hydrogen-bond acceptors (Lipinski definition) is 3. The third kappa shape index (κ3) is 7.90. The summed E-state index contributed by atoms with van der Waals surface area (Å²) in [5.74, 6) is 0.0968. The van der Waals surface area contributed by atoms with Gasteiger partial charge in [-0.3, -0.25) is 9.59 Å². The predicted octanol–water partition coefficient (Wildman–Crippen LogP) is 6.42. The Labute approximate surface area is 214 Å². The van der Waals surface area contributed by atoms with Crippen molar-refractivity contribution < 1.29 is 14.3 Å². The number of nitrogens with zero attached hydrogens (tertiary/aromatic N) is 1. The van der Waals surface area contributed by atoms with E-state index in [9.17, 15) is 9.59 Å². The van der Waals surface area contributed by atoms with Crippen LogP contribution in [0.3, 0.4) is 0 Å². The molecule has 0 aromatic heterocycles. The quantitative estimate of drug-likeness (QED) is 0.347. The monoisotopic (exact) mass is 556 g/mol. The van der Waals surface area contributed by atoms with Crippen LogP contribution in [0.4, 0.5) is 0 Å². The number of halogens is 3. The Morgan fingerprint density at radius 2 is 1.73 bits per heavy atom. The fourth-order valence-corrected chi connectivity index (χ4v) is 4.16. The molecule has 180 valence electrons. The summed E-state index contributed by atoms with van der Waals surface area (Å²) >= 11 is 15.7. The van der Waals surface area contributed by atoms with E-state index in [0.29, 0.717) is 22.2 Å². The lowest BCUT2D eigenvalue weighted by Gasteiger charge is -2.31. The highest BCUT2D eigenvalue weighted by Gasteiger charge is 2.29. The van der Waals surface area contributed by atoms with E-state index in [2.05, 4.69) is 28.2 Å². The van der Waals surface area contributed by atoms with E-state index >= 15 is 0 Å². The number of rotatable bonds is 11. The Balaban J connectivity index is 2.26. The zero-order valence-corrected chi connectivity index (χ0v) is 22.6. The summed E-state index contributed by atoms with van der Waals surface area (Å²) in [6.07, 6.45) is 2.16. The van der Waals surface area contributed by atoms with Gasteiger partial charge in [-0.05, 0) is 77.5 Å². The number of hydrogen-bond donors (Lipinski definition) is 1. The molecule has 0 aliphatic carbocycles. The molecule has 33 heavy (non-hydrogen) atoms. The van der Waals surface area contributed by atoms with Crippen LogP contribution in [0.2, 0.25) is 10.0 Å². The Hall–Kier alpha value is -1.76. The van der Waals surface area contributed by atoms with Crippen LogP contribution in [0.15, 0.2) is 40.9 Å². The Bertz CT molecular complexity index is 971. The van der Waals surface area contributed by atoms with Gasteiger partial charge in [0, 0.05) is 12.6 Å². The summed E-state index contributed by atoms with van der Waals surface area (Å²) in [4.78, 5) is 27.9. The molecule has 0 heterocycles. The Morgan fingerprint density at radius 1 is 1.03 bits per heavy atom. The highest BCUT2D eigenvalue weighted by atomic mass is 79.9. The van der Waals surface area contributed by atoms with Crippen molar-refractivity contribution in [2.45, 2.75) is 65.6 Å². The first-order valence-corrected chi connectivity index (χ1v) is 12.7. The largest absolute Gasteiger partial charge is 0.483 e. The van der Waals surface area contributed by atoms with E-state index in [1.54, 1.807) is 23.1 Å². The van der Waals surface area contributed by atoms with Gasteiger partial charge in [0.25, 0.3) is 5.91 Å². The summed E-state index contributed by atoms with van der Waals surface area (Å²) < 4.78 is 6.60. The first-order valence-electron chi connectivity index (χ1n) is 11.1. The van der Waals surface area contributed by atoms with Crippen LogP contribution in [0, 0.1) is 0 Å². The summed E-state index contributed by atoms with van der Waals surface area (Å²) in [6, 6.07) is 10.3. The highest BCUT2D eigenvalue weighted by Crippen LogP contribution is 2.27. The van der Waals surface area contributed by atoms with Crippen LogP contribution in [-0.2, 0) is 22.6 Å². The maximum Gasteiger partial charge on any atom is 0.261 e. The summed E-state index contributed by atoms with van der Waals surface area (Å²) in [6.45, 7) is 7.91. The van der Waals surface area contributed by atoms with Crippen molar-refractivity contribution in [2.24, 2.45) is 0 Å². The second-order valence-electron chi connectivity index (χ2n) is 7.92. The van der Waals surface area contributed by atoms with Crippen molar-refractivity contribution >= 4 is 50.9 Å². The van der Waals surface area contributed by atoms with Crippen LogP contribution in [-0.4, -0.2) is 35.4 Å². The number of carbonyl (C=O) groups is 2. The van der Waals surface area contributed by atoms with Crippen molar-refractivity contribution in [3.8, 4) is 5.75 Å². The first-order chi connectivity index (χ1) is 15.7. The van der Waals surface area contributed by atoms with Gasteiger partial charge in [-0.15, -0.1) is 0 Å². The molecular formula is C25H31BrCl2N2O3. The van der Waals surface area contributed by atoms with Crippen LogP contribution in [0.5, 0.6) is 5.75 Å². The van der Waals surface area contributed by atoms with Gasteiger partial charge in [-0.2, -0.15) is 0 Å². The highest BCUT2D eigenvalue weighted by molar-refractivity contribution is 9.10. The minimum Gasteiger partial charge on any atom is -0.483 e. The van der Waals surface area contributed by atoms with E-state index < -0.39 is 6.04 Å². The number of amides is 2. The zero-order valence-electron chi connectivity index (χ0n) is 19.5. The normalized spacial score (nSPS) is 12.7. The maximum atomic E-state index is 13.3. The average Bonchev–Trinajstić information content (AvgIpc) is 2.79. The van der Waals surface area contributed by atoms with Gasteiger partial charge in [0.05, 0.1) is 14.5 Å². The number of benzene rings is 2. The number of aryl methyl sites for hydroxylation is 1. The van der Waals surface area contributed by atoms with Gasteiger partial charge in [-0.1, -0.05) is 56.1 Å². The molecule has 0 saturated carbocycles. The smallest absolute Gasteiger partial charge is 0.261 e. The third-order valence-electron chi connectivity index (χ3n) is 5.48. The molecule has 0 aliphatic rings. The van der Waals surface area contributed by atoms with E-state index in [0.717, 1.165) is 28.4 Å². The number of carbonyl (C=O) groups excluding carboxylic acids is 2. The fraction of sp³-hybridized carbons (Fsp3) is 0.440. The van der Waals surface area contributed by atoms with Gasteiger partial charge in [0.15, 0.2) is 6.61 Å². The Kier molecular flexibility index (Phi) is 11.0. The van der Waals surface area contributed by atoms with Crippen molar-refractivity contribution in [2.75, 3.05) is 6.61 Å². The molecule has 2 aromatic rings. The predicted molar refractivity (Wildman–Crippen MR) is 138 cm³/mol. The second kappa shape index (κ2) is 13.2. The van der Waals surface area contributed by atoms with Gasteiger partial charge < -0.3 is 15.0 Å². The maximum absolute atomic E-state index is 13.3. The van der Waals surface area contributed by atoms with Gasteiger partial charge >= 0.3 is 0 Å². The number of nitrogens with one attached hydrogen (secondary N) is 1. The summed E-state index contributed by atoms with van der Waals surface area (Å²) in [5, 5.41) is 3.82. The van der Waals surface area contributed by atoms with E-state index in [1.165, 1.54) is 0 Å². The lowest BCUT2D eigenvalue weighted by atomic mass is 10.1. The first kappa shape index (κ1) is 27.5. The van der Waals surface area contributed by atoms with Crippen LogP contribution in [0.1, 0.15) is 51.7 Å². The molecule has 0 fully saturated rings. The van der Waals surface area contributed by atoms with Gasteiger partial charge in [-0.25, -0.2) is 0 Å². The van der Waals surface area contributed by atoms with Crippen molar-refractivity contribution in [3.63, 3.8) is 0 Å². The van der Waals surface area contributed by atoms with Gasteiger partial charge in [0.2, 0.25) is 5.91 Å². The molecule has 2 atom stereocenters. The van der Waals surface area contributed by atoms with Crippen LogP contribution in [0.25, 0.3) is 0 Å². The van der Waals surface area contributed by atoms with Crippen LogP contribution >= 0.6 is 39.1 Å². The average molecular weight is 558 g/mol. The van der Waals surface area contributed by atoms with Gasteiger partial charge in [0.1, 0.15) is 11.8 Å². The topological polar surface area (TPSA) is 58.6 Å². The molecule has 2 rings (SSSR count). The molecule has 8 heteroatoms. The minimum atomic E-state index is -0.643. The van der Waals surface area contributed by atoms with E-state index in [4.69, 9.17) is 27.9 Å². The van der Waals surface area contributed by atoms with Crippen molar-refractivity contribution in [3.05, 3.63) is 62.0 Å². The summed E-state index contributed by atoms with van der Waals surface area (Å²) in [7, 11) is 0. The molecule has 0 radical (unpaired) electrons. The summed E-state index contributed by atoms with van der Waals surface area (Å²) in [5.41, 5.74) is 1.94. The lowest BCUT2D eigenvalue weighted by molar-refractivity contribution is -0.143. The third-order valence-corrected chi connectivity index (χ3v) is 6.84. The number of ether oxygens (including phenoxy) is 1. The zero-order chi connectivity index (χ0) is 24.5. The van der Waals surface area contributed by atoms with Crippen molar-refractivity contribution in [1.82, 2.24) is 10.2 Å². The Morgan fingerprint density at radius 3 is 2.30 bits per heavy atom. The molecule has 2 amide bonds. The van der Waals surface area contributed by atoms with E-state index in [-0.39, 0.29) is 31.0 Å². The molecule has 0 spiro atoms.